The number of benzene rings is 1. The summed E-state index contributed by atoms with van der Waals surface area (Å²) in [5, 5.41) is 1.80. The molecule has 1 nitrogen and oxygen atoms in total. The van der Waals surface area contributed by atoms with Crippen LogP contribution in [0.5, 0.6) is 0 Å². The van der Waals surface area contributed by atoms with Gasteiger partial charge in [0.1, 0.15) is 5.58 Å². The molecule has 0 fully saturated rings. The Kier molecular flexibility index (Phi) is 1.81. The fraction of sp³-hybridized carbons (Fsp3) is 0.100. The first-order chi connectivity index (χ1) is 5.81. The van der Waals surface area contributed by atoms with Gasteiger partial charge < -0.3 is 4.42 Å². The quantitative estimate of drug-likeness (QED) is 0.654. The van der Waals surface area contributed by atoms with E-state index in [9.17, 15) is 0 Å². The second kappa shape index (κ2) is 2.83. The molecule has 2 heteroatoms. The fourth-order valence-corrected chi connectivity index (χ4v) is 1.42. The van der Waals surface area contributed by atoms with Crippen LogP contribution in [0.1, 0.15) is 5.56 Å². The van der Waals surface area contributed by atoms with Crippen molar-refractivity contribution in [2.75, 3.05) is 0 Å². The van der Waals surface area contributed by atoms with E-state index in [0.29, 0.717) is 0 Å². The molecule has 1 aromatic heterocycles. The van der Waals surface area contributed by atoms with Crippen molar-refractivity contribution < 1.29 is 4.42 Å². The van der Waals surface area contributed by atoms with E-state index in [4.69, 9.17) is 16.0 Å². The van der Waals surface area contributed by atoms with Gasteiger partial charge in [-0.25, -0.2) is 0 Å². The highest BCUT2D eigenvalue weighted by atomic mass is 35.5. The Labute approximate surface area is 75.9 Å². The van der Waals surface area contributed by atoms with Crippen molar-refractivity contribution in [3.8, 4) is 0 Å². The van der Waals surface area contributed by atoms with Crippen LogP contribution in [0, 0.1) is 6.92 Å². The molecule has 0 saturated heterocycles. The van der Waals surface area contributed by atoms with Crippen molar-refractivity contribution in [2.24, 2.45) is 0 Å². The normalized spacial score (nSPS) is 10.8. The summed E-state index contributed by atoms with van der Waals surface area (Å²) in [5.41, 5.74) is 1.98. The average molecular weight is 180 g/mol. The van der Waals surface area contributed by atoms with E-state index in [1.54, 1.807) is 6.26 Å². The molecule has 0 bridgehead atoms. The predicted octanol–water partition coefficient (Wildman–Crippen LogP) is 3.46. The topological polar surface area (TPSA) is 13.1 Å². The molecule has 61 valence electrons. The maximum Gasteiger partial charge on any atom is 0.134 e. The zero-order chi connectivity index (χ0) is 8.55. The van der Waals surface area contributed by atoms with Crippen LogP contribution in [-0.2, 0) is 6.42 Å². The summed E-state index contributed by atoms with van der Waals surface area (Å²) < 4.78 is 5.30. The number of fused-ring (bicyclic) bond motifs is 1. The molecule has 0 spiro atoms. The molecule has 12 heavy (non-hydrogen) atoms. The van der Waals surface area contributed by atoms with Crippen LogP contribution in [-0.4, -0.2) is 0 Å². The first-order valence-electron chi connectivity index (χ1n) is 3.76. The molecule has 1 aromatic carbocycles. The minimum absolute atomic E-state index is 0.730. The van der Waals surface area contributed by atoms with E-state index in [1.165, 1.54) is 0 Å². The minimum Gasteiger partial charge on any atom is -0.464 e. The van der Waals surface area contributed by atoms with Crippen LogP contribution in [0.3, 0.4) is 0 Å². The third-order valence-electron chi connectivity index (χ3n) is 1.89. The van der Waals surface area contributed by atoms with Crippen molar-refractivity contribution >= 4 is 22.6 Å². The van der Waals surface area contributed by atoms with E-state index in [1.807, 2.05) is 18.2 Å². The van der Waals surface area contributed by atoms with Gasteiger partial charge in [-0.15, -0.1) is 0 Å². The largest absolute Gasteiger partial charge is 0.464 e. The molecule has 1 radical (unpaired) electrons. The lowest BCUT2D eigenvalue weighted by Gasteiger charge is -1.91. The minimum atomic E-state index is 0.730. The molecule has 0 atom stereocenters. The highest BCUT2D eigenvalue weighted by Crippen LogP contribution is 2.24. The summed E-state index contributed by atoms with van der Waals surface area (Å²) >= 11 is 5.84. The molecule has 2 aromatic rings. The standard InChI is InChI=1S/C10H8ClO/c1-2-7-6-12-10-4-3-8(11)5-9(7)10/h3-6H,1-2H2. The molecule has 0 aliphatic rings. The summed E-state index contributed by atoms with van der Waals surface area (Å²) in [6.45, 7) is 3.80. The van der Waals surface area contributed by atoms with Crippen molar-refractivity contribution in [1.82, 2.24) is 0 Å². The van der Waals surface area contributed by atoms with Gasteiger partial charge in [0.2, 0.25) is 0 Å². The Morgan fingerprint density at radius 3 is 3.00 bits per heavy atom. The molecular formula is C10H8ClO. The van der Waals surface area contributed by atoms with Gasteiger partial charge in [0.15, 0.2) is 0 Å². The average Bonchev–Trinajstić information content (AvgIpc) is 2.46. The lowest BCUT2D eigenvalue weighted by Crippen LogP contribution is -1.74. The summed E-state index contributed by atoms with van der Waals surface area (Å²) in [6, 6.07) is 5.60. The summed E-state index contributed by atoms with van der Waals surface area (Å²) in [4.78, 5) is 0. The maximum atomic E-state index is 5.84. The number of furan rings is 1. The first-order valence-corrected chi connectivity index (χ1v) is 4.14. The van der Waals surface area contributed by atoms with E-state index in [-0.39, 0.29) is 0 Å². The third kappa shape index (κ3) is 1.10. The van der Waals surface area contributed by atoms with Gasteiger partial charge >= 0.3 is 0 Å². The number of halogens is 1. The Bertz CT molecular complexity index is 403. The van der Waals surface area contributed by atoms with Crippen LogP contribution >= 0.6 is 11.6 Å². The van der Waals surface area contributed by atoms with Gasteiger partial charge in [0, 0.05) is 10.4 Å². The van der Waals surface area contributed by atoms with Gasteiger partial charge in [-0.05, 0) is 37.1 Å². The SMILES string of the molecule is [CH2]Cc1coc2ccc(Cl)cc12. The molecule has 2 rings (SSSR count). The Balaban J connectivity index is 2.75. The van der Waals surface area contributed by atoms with Gasteiger partial charge in [-0.2, -0.15) is 0 Å². The van der Waals surface area contributed by atoms with Gasteiger partial charge in [-0.3, -0.25) is 0 Å². The Hall–Kier alpha value is -0.950. The molecule has 0 saturated carbocycles. The fourth-order valence-electron chi connectivity index (χ4n) is 1.25. The smallest absolute Gasteiger partial charge is 0.134 e. The zero-order valence-corrected chi connectivity index (χ0v) is 7.27. The highest BCUT2D eigenvalue weighted by molar-refractivity contribution is 6.31. The third-order valence-corrected chi connectivity index (χ3v) is 2.12. The molecular weight excluding hydrogens is 172 g/mol. The second-order valence-corrected chi connectivity index (χ2v) is 3.09. The van der Waals surface area contributed by atoms with Crippen molar-refractivity contribution in [1.29, 1.82) is 0 Å². The first kappa shape index (κ1) is 7.69. The number of hydrogen-bond acceptors (Lipinski definition) is 1. The van der Waals surface area contributed by atoms with E-state index in [2.05, 4.69) is 6.92 Å². The van der Waals surface area contributed by atoms with Crippen LogP contribution < -0.4 is 0 Å². The predicted molar refractivity (Wildman–Crippen MR) is 50.3 cm³/mol. The summed E-state index contributed by atoms with van der Waals surface area (Å²) in [5.74, 6) is 0. The van der Waals surface area contributed by atoms with Gasteiger partial charge in [0.05, 0.1) is 6.26 Å². The van der Waals surface area contributed by atoms with Crippen molar-refractivity contribution in [3.63, 3.8) is 0 Å². The highest BCUT2D eigenvalue weighted by Gasteiger charge is 2.03. The van der Waals surface area contributed by atoms with E-state index in [0.717, 1.165) is 28.0 Å². The van der Waals surface area contributed by atoms with Crippen LogP contribution in [0.2, 0.25) is 5.02 Å². The molecule has 0 aliphatic heterocycles. The molecule has 1 heterocycles. The van der Waals surface area contributed by atoms with Crippen LogP contribution in [0.15, 0.2) is 28.9 Å². The lowest BCUT2D eigenvalue weighted by atomic mass is 10.1. The van der Waals surface area contributed by atoms with Crippen LogP contribution in [0.4, 0.5) is 0 Å². The Morgan fingerprint density at radius 1 is 1.42 bits per heavy atom. The number of rotatable bonds is 1. The maximum absolute atomic E-state index is 5.84. The van der Waals surface area contributed by atoms with Gasteiger partial charge in [0.25, 0.3) is 0 Å². The molecule has 0 N–H and O–H groups in total. The molecule has 0 aliphatic carbocycles. The molecule has 0 unspecified atom stereocenters. The van der Waals surface area contributed by atoms with Crippen LogP contribution in [0.25, 0.3) is 11.0 Å². The van der Waals surface area contributed by atoms with E-state index < -0.39 is 0 Å². The van der Waals surface area contributed by atoms with E-state index >= 15 is 0 Å². The molecule has 0 amide bonds. The van der Waals surface area contributed by atoms with Crippen molar-refractivity contribution in [3.05, 3.63) is 42.0 Å². The summed E-state index contributed by atoms with van der Waals surface area (Å²) in [6.07, 6.45) is 2.46. The van der Waals surface area contributed by atoms with Crippen molar-refractivity contribution in [2.45, 2.75) is 6.42 Å². The lowest BCUT2D eigenvalue weighted by molar-refractivity contribution is 0.612. The zero-order valence-electron chi connectivity index (χ0n) is 6.51. The summed E-state index contributed by atoms with van der Waals surface area (Å²) in [7, 11) is 0. The second-order valence-electron chi connectivity index (χ2n) is 2.65. The Morgan fingerprint density at radius 2 is 2.25 bits per heavy atom. The number of hydrogen-bond donors (Lipinski definition) is 0. The monoisotopic (exact) mass is 179 g/mol. The van der Waals surface area contributed by atoms with Gasteiger partial charge in [-0.1, -0.05) is 11.6 Å².